The van der Waals surface area contributed by atoms with Crippen LogP contribution in [0.3, 0.4) is 0 Å². The normalized spacial score (nSPS) is 29.7. The highest BCUT2D eigenvalue weighted by molar-refractivity contribution is 9.12. The Hall–Kier alpha value is -0.110. The van der Waals surface area contributed by atoms with Crippen molar-refractivity contribution >= 4 is 21.7 Å². The first kappa shape index (κ1) is 11.0. The Morgan fingerprint density at radius 1 is 1.38 bits per heavy atom. The molecule has 0 aromatic carbocycles. The highest BCUT2D eigenvalue weighted by Crippen LogP contribution is 2.34. The number of Topliss-reactive ketones (excluding diaryl/α,β-unsaturated/α-hetero) is 1. The van der Waals surface area contributed by atoms with Gasteiger partial charge in [0.1, 0.15) is 0 Å². The quantitative estimate of drug-likeness (QED) is 0.634. The van der Waals surface area contributed by atoms with Gasteiger partial charge in [0.2, 0.25) is 0 Å². The SMILES string of the molecule is C/C1=C(\Br)C(=O)CC(C)(C)CCC1. The molecule has 0 spiro atoms. The van der Waals surface area contributed by atoms with Crippen molar-refractivity contribution in [3.05, 3.63) is 10.1 Å². The van der Waals surface area contributed by atoms with Crippen LogP contribution in [-0.4, -0.2) is 5.78 Å². The van der Waals surface area contributed by atoms with E-state index >= 15 is 0 Å². The van der Waals surface area contributed by atoms with Crippen LogP contribution in [0.15, 0.2) is 10.1 Å². The molecule has 1 aliphatic rings. The van der Waals surface area contributed by atoms with Crippen LogP contribution in [-0.2, 0) is 4.79 Å². The van der Waals surface area contributed by atoms with Crippen molar-refractivity contribution in [2.24, 2.45) is 5.41 Å². The highest BCUT2D eigenvalue weighted by Gasteiger charge is 2.25. The maximum atomic E-state index is 11.7. The number of halogens is 1. The minimum absolute atomic E-state index is 0.177. The van der Waals surface area contributed by atoms with Crippen LogP contribution in [0.2, 0.25) is 0 Å². The summed E-state index contributed by atoms with van der Waals surface area (Å²) in [5.41, 5.74) is 1.39. The molecule has 74 valence electrons. The summed E-state index contributed by atoms with van der Waals surface area (Å²) >= 11 is 3.39. The Morgan fingerprint density at radius 3 is 2.62 bits per heavy atom. The maximum Gasteiger partial charge on any atom is 0.170 e. The van der Waals surface area contributed by atoms with Gasteiger partial charge in [-0.05, 0) is 47.5 Å². The molecule has 0 aliphatic heterocycles. The molecule has 0 bridgehead atoms. The van der Waals surface area contributed by atoms with E-state index in [-0.39, 0.29) is 11.2 Å². The third kappa shape index (κ3) is 2.94. The molecular weight excluding hydrogens is 228 g/mol. The van der Waals surface area contributed by atoms with E-state index in [1.807, 2.05) is 6.92 Å². The van der Waals surface area contributed by atoms with Gasteiger partial charge in [0, 0.05) is 6.42 Å². The van der Waals surface area contributed by atoms with Crippen LogP contribution in [0.4, 0.5) is 0 Å². The summed E-state index contributed by atoms with van der Waals surface area (Å²) < 4.78 is 0.820. The van der Waals surface area contributed by atoms with Crippen LogP contribution >= 0.6 is 15.9 Å². The lowest BCUT2D eigenvalue weighted by molar-refractivity contribution is -0.116. The molecule has 0 saturated carbocycles. The van der Waals surface area contributed by atoms with Crippen molar-refractivity contribution in [1.82, 2.24) is 0 Å². The first-order valence-corrected chi connectivity index (χ1v) is 5.60. The molecule has 0 atom stereocenters. The molecule has 1 nitrogen and oxygen atoms in total. The Labute approximate surface area is 88.7 Å². The zero-order chi connectivity index (χ0) is 10.1. The van der Waals surface area contributed by atoms with Gasteiger partial charge < -0.3 is 0 Å². The number of rotatable bonds is 0. The van der Waals surface area contributed by atoms with E-state index in [1.165, 1.54) is 12.0 Å². The predicted molar refractivity (Wildman–Crippen MR) is 58.9 cm³/mol. The van der Waals surface area contributed by atoms with Gasteiger partial charge in [-0.25, -0.2) is 0 Å². The number of carbonyl (C=O) groups excluding carboxylic acids is 1. The predicted octanol–water partition coefficient (Wildman–Crippen LogP) is 3.82. The molecule has 13 heavy (non-hydrogen) atoms. The molecule has 0 N–H and O–H groups in total. The average molecular weight is 245 g/mol. The van der Waals surface area contributed by atoms with Crippen molar-refractivity contribution in [2.45, 2.75) is 46.5 Å². The second-order valence-electron chi connectivity index (χ2n) is 4.71. The Balaban J connectivity index is 2.87. The van der Waals surface area contributed by atoms with Gasteiger partial charge in [-0.1, -0.05) is 19.4 Å². The first-order valence-electron chi connectivity index (χ1n) is 4.81. The van der Waals surface area contributed by atoms with E-state index in [4.69, 9.17) is 0 Å². The molecular formula is C11H17BrO. The van der Waals surface area contributed by atoms with Gasteiger partial charge in [0.15, 0.2) is 5.78 Å². The molecule has 0 radical (unpaired) electrons. The third-order valence-corrected chi connectivity index (χ3v) is 3.78. The Morgan fingerprint density at radius 2 is 2.00 bits per heavy atom. The number of hydrogen-bond acceptors (Lipinski definition) is 1. The molecule has 1 rings (SSSR count). The number of allylic oxidation sites excluding steroid dienone is 2. The van der Waals surface area contributed by atoms with E-state index in [0.29, 0.717) is 6.42 Å². The smallest absolute Gasteiger partial charge is 0.170 e. The van der Waals surface area contributed by atoms with Gasteiger partial charge in [0.25, 0.3) is 0 Å². The molecule has 0 unspecified atom stereocenters. The minimum atomic E-state index is 0.177. The van der Waals surface area contributed by atoms with E-state index in [2.05, 4.69) is 29.8 Å². The standard InChI is InChI=1S/C11H17BrO/c1-8-5-4-6-11(2,3)7-9(13)10(8)12/h4-7H2,1-3H3/b10-8+. The third-order valence-electron chi connectivity index (χ3n) is 2.66. The zero-order valence-electron chi connectivity index (χ0n) is 8.61. The zero-order valence-corrected chi connectivity index (χ0v) is 10.2. The molecule has 0 fully saturated rings. The lowest BCUT2D eigenvalue weighted by Gasteiger charge is -2.26. The minimum Gasteiger partial charge on any atom is -0.294 e. The summed E-state index contributed by atoms with van der Waals surface area (Å²) in [7, 11) is 0. The molecule has 0 aromatic rings. The first-order chi connectivity index (χ1) is 5.92. The van der Waals surface area contributed by atoms with Crippen molar-refractivity contribution in [3.8, 4) is 0 Å². The van der Waals surface area contributed by atoms with Gasteiger partial charge in [-0.15, -0.1) is 0 Å². The average Bonchev–Trinajstić information content (AvgIpc) is 2.00. The number of ketones is 1. The molecule has 1 aliphatic carbocycles. The van der Waals surface area contributed by atoms with Crippen LogP contribution in [0.5, 0.6) is 0 Å². The lowest BCUT2D eigenvalue weighted by atomic mass is 9.80. The second-order valence-corrected chi connectivity index (χ2v) is 5.51. The molecule has 0 aromatic heterocycles. The topological polar surface area (TPSA) is 17.1 Å². The molecule has 0 heterocycles. The van der Waals surface area contributed by atoms with Gasteiger partial charge in [-0.2, -0.15) is 0 Å². The van der Waals surface area contributed by atoms with Crippen molar-refractivity contribution in [1.29, 1.82) is 0 Å². The summed E-state index contributed by atoms with van der Waals surface area (Å²) in [6.07, 6.45) is 4.07. The molecule has 0 amide bonds. The summed E-state index contributed by atoms with van der Waals surface area (Å²) in [6, 6.07) is 0. The Kier molecular flexibility index (Phi) is 3.33. The maximum absolute atomic E-state index is 11.7. The molecule has 2 heteroatoms. The van der Waals surface area contributed by atoms with Gasteiger partial charge in [-0.3, -0.25) is 4.79 Å². The second kappa shape index (κ2) is 3.95. The van der Waals surface area contributed by atoms with E-state index in [0.717, 1.165) is 17.3 Å². The Bertz CT molecular complexity index is 251. The lowest BCUT2D eigenvalue weighted by Crippen LogP contribution is -2.19. The van der Waals surface area contributed by atoms with Crippen LogP contribution in [0.25, 0.3) is 0 Å². The largest absolute Gasteiger partial charge is 0.294 e. The van der Waals surface area contributed by atoms with Crippen LogP contribution in [0.1, 0.15) is 46.5 Å². The van der Waals surface area contributed by atoms with E-state index in [9.17, 15) is 4.79 Å². The fourth-order valence-corrected chi connectivity index (χ4v) is 2.12. The van der Waals surface area contributed by atoms with Gasteiger partial charge >= 0.3 is 0 Å². The summed E-state index contributed by atoms with van der Waals surface area (Å²) in [4.78, 5) is 11.7. The van der Waals surface area contributed by atoms with Gasteiger partial charge in [0.05, 0.1) is 4.48 Å². The van der Waals surface area contributed by atoms with Crippen molar-refractivity contribution < 1.29 is 4.79 Å². The number of carbonyl (C=O) groups is 1. The van der Waals surface area contributed by atoms with Crippen molar-refractivity contribution in [3.63, 3.8) is 0 Å². The van der Waals surface area contributed by atoms with E-state index in [1.54, 1.807) is 0 Å². The van der Waals surface area contributed by atoms with E-state index < -0.39 is 0 Å². The fourth-order valence-electron chi connectivity index (χ4n) is 1.78. The number of hydrogen-bond donors (Lipinski definition) is 0. The van der Waals surface area contributed by atoms with Crippen LogP contribution in [0, 0.1) is 5.41 Å². The summed E-state index contributed by atoms with van der Waals surface area (Å²) in [5.74, 6) is 0.266. The van der Waals surface area contributed by atoms with Crippen LogP contribution < -0.4 is 0 Å². The summed E-state index contributed by atoms with van der Waals surface area (Å²) in [5, 5.41) is 0. The fraction of sp³-hybridized carbons (Fsp3) is 0.727. The monoisotopic (exact) mass is 244 g/mol. The highest BCUT2D eigenvalue weighted by atomic mass is 79.9. The molecule has 0 saturated heterocycles. The van der Waals surface area contributed by atoms with Crippen molar-refractivity contribution in [2.75, 3.05) is 0 Å². The summed E-state index contributed by atoms with van der Waals surface area (Å²) in [6.45, 7) is 6.39.